The van der Waals surface area contributed by atoms with Crippen LogP contribution in [0.15, 0.2) is 10.6 Å². The first kappa shape index (κ1) is 19.8. The number of amides is 1. The number of rotatable bonds is 6. The van der Waals surface area contributed by atoms with E-state index in [9.17, 15) is 4.79 Å². The first-order valence-corrected chi connectivity index (χ1v) is 9.75. The monoisotopic (exact) mass is 372 g/mol. The van der Waals surface area contributed by atoms with Gasteiger partial charge in [-0.3, -0.25) is 4.79 Å². The Kier molecular flexibility index (Phi) is 5.06. The van der Waals surface area contributed by atoms with Gasteiger partial charge in [0.05, 0.1) is 16.6 Å². The third-order valence-electron chi connectivity index (χ3n) is 5.03. The van der Waals surface area contributed by atoms with Gasteiger partial charge in [0.25, 0.3) is 11.6 Å². The van der Waals surface area contributed by atoms with Crippen molar-refractivity contribution in [3.05, 3.63) is 23.0 Å². The maximum Gasteiger partial charge on any atom is 0.259 e. The minimum absolute atomic E-state index is 0.0239. The van der Waals surface area contributed by atoms with Gasteiger partial charge in [-0.15, -0.1) is 0 Å². The molecule has 1 amide bonds. The van der Waals surface area contributed by atoms with E-state index in [-0.39, 0.29) is 16.7 Å². The topological polar surface area (TPSA) is 85.2 Å². The van der Waals surface area contributed by atoms with E-state index in [0.717, 1.165) is 36.0 Å². The van der Waals surface area contributed by atoms with Crippen LogP contribution in [0.25, 0.3) is 11.1 Å². The Bertz CT molecular complexity index is 844. The molecule has 1 fully saturated rings. The van der Waals surface area contributed by atoms with Gasteiger partial charge in [0, 0.05) is 25.2 Å². The summed E-state index contributed by atoms with van der Waals surface area (Å²) in [6.07, 6.45) is 2.96. The molecular weight excluding hydrogens is 340 g/mol. The maximum absolute atomic E-state index is 13.4. The lowest BCUT2D eigenvalue weighted by atomic mass is 9.89. The molecule has 27 heavy (non-hydrogen) atoms. The number of pyridine rings is 1. The number of carbonyl (C=O) groups is 1. The van der Waals surface area contributed by atoms with Crippen LogP contribution in [0, 0.1) is 10.8 Å². The molecule has 1 aliphatic rings. The zero-order valence-corrected chi connectivity index (χ0v) is 17.4. The molecule has 0 aliphatic heterocycles. The van der Waals surface area contributed by atoms with E-state index in [1.165, 1.54) is 0 Å². The number of hydrogen-bond donors (Lipinski definition) is 1. The van der Waals surface area contributed by atoms with E-state index >= 15 is 0 Å². The Balaban J connectivity index is 2.05. The van der Waals surface area contributed by atoms with Gasteiger partial charge < -0.3 is 15.2 Å². The molecule has 0 aromatic carbocycles. The van der Waals surface area contributed by atoms with Crippen LogP contribution < -0.4 is 5.73 Å². The third-order valence-corrected chi connectivity index (χ3v) is 5.03. The second-order valence-corrected chi connectivity index (χ2v) is 9.95. The zero-order chi connectivity index (χ0) is 20.0. The largest absolute Gasteiger partial charge is 0.341 e. The van der Waals surface area contributed by atoms with E-state index in [2.05, 4.69) is 44.8 Å². The second-order valence-electron chi connectivity index (χ2n) is 9.95. The van der Waals surface area contributed by atoms with Gasteiger partial charge >= 0.3 is 0 Å². The predicted octanol–water partition coefficient (Wildman–Crippen LogP) is 3.75. The Hall–Kier alpha value is -1.95. The van der Waals surface area contributed by atoms with E-state index in [1.807, 2.05) is 13.1 Å². The van der Waals surface area contributed by atoms with Crippen molar-refractivity contribution in [2.24, 2.45) is 16.6 Å². The molecule has 6 nitrogen and oxygen atoms in total. The van der Waals surface area contributed by atoms with Crippen LogP contribution in [0.1, 0.15) is 75.1 Å². The highest BCUT2D eigenvalue weighted by molar-refractivity contribution is 6.06. The van der Waals surface area contributed by atoms with Gasteiger partial charge in [0.15, 0.2) is 0 Å². The van der Waals surface area contributed by atoms with Gasteiger partial charge in [-0.25, -0.2) is 4.98 Å². The molecule has 0 spiro atoms. The van der Waals surface area contributed by atoms with Crippen LogP contribution in [-0.4, -0.2) is 41.1 Å². The highest BCUT2D eigenvalue weighted by Crippen LogP contribution is 2.41. The Labute approximate surface area is 161 Å². The van der Waals surface area contributed by atoms with Gasteiger partial charge in [0.1, 0.15) is 0 Å². The maximum atomic E-state index is 13.4. The van der Waals surface area contributed by atoms with Gasteiger partial charge in [-0.1, -0.05) is 39.8 Å². The van der Waals surface area contributed by atoms with Crippen molar-refractivity contribution in [2.45, 2.75) is 59.8 Å². The number of hydrogen-bond acceptors (Lipinski definition) is 5. The highest BCUT2D eigenvalue weighted by Gasteiger charge is 2.31. The van der Waals surface area contributed by atoms with Gasteiger partial charge in [-0.05, 0) is 42.7 Å². The fourth-order valence-corrected chi connectivity index (χ4v) is 3.39. The summed E-state index contributed by atoms with van der Waals surface area (Å²) in [5, 5.41) is 5.03. The Morgan fingerprint density at radius 3 is 2.52 bits per heavy atom. The Morgan fingerprint density at radius 1 is 1.30 bits per heavy atom. The fourth-order valence-electron chi connectivity index (χ4n) is 3.39. The van der Waals surface area contributed by atoms with E-state index in [0.29, 0.717) is 30.3 Å². The van der Waals surface area contributed by atoms with Crippen LogP contribution >= 0.6 is 0 Å². The number of fused-ring (bicyclic) bond motifs is 1. The van der Waals surface area contributed by atoms with Crippen molar-refractivity contribution >= 4 is 17.0 Å². The zero-order valence-electron chi connectivity index (χ0n) is 17.4. The molecule has 1 aliphatic carbocycles. The van der Waals surface area contributed by atoms with Crippen molar-refractivity contribution < 1.29 is 9.32 Å². The molecular formula is C21H32N4O2. The molecule has 0 unspecified atom stereocenters. The number of carbonyl (C=O) groups excluding carboxylic acids is 1. The molecule has 3 rings (SSSR count). The quantitative estimate of drug-likeness (QED) is 0.835. The molecule has 2 N–H and O–H groups in total. The normalized spacial score (nSPS) is 15.4. The molecule has 2 heterocycles. The van der Waals surface area contributed by atoms with E-state index in [1.54, 1.807) is 4.90 Å². The Morgan fingerprint density at radius 2 is 1.96 bits per heavy atom. The predicted molar refractivity (Wildman–Crippen MR) is 107 cm³/mol. The third kappa shape index (κ3) is 4.49. The van der Waals surface area contributed by atoms with E-state index in [4.69, 9.17) is 10.3 Å². The van der Waals surface area contributed by atoms with Crippen molar-refractivity contribution in [2.75, 3.05) is 20.1 Å². The summed E-state index contributed by atoms with van der Waals surface area (Å²) in [5.74, 6) is 0.409. The molecule has 2 aromatic heterocycles. The lowest BCUT2D eigenvalue weighted by Crippen LogP contribution is -2.39. The average molecular weight is 373 g/mol. The van der Waals surface area contributed by atoms with Gasteiger partial charge in [-0.2, -0.15) is 0 Å². The average Bonchev–Trinajstić information content (AvgIpc) is 3.35. The second kappa shape index (κ2) is 6.89. The molecule has 6 heteroatoms. The molecule has 0 radical (unpaired) electrons. The number of nitrogens with two attached hydrogens (primary N) is 1. The number of aromatic nitrogens is 2. The van der Waals surface area contributed by atoms with Crippen LogP contribution in [0.5, 0.6) is 0 Å². The summed E-state index contributed by atoms with van der Waals surface area (Å²) in [6.45, 7) is 11.7. The van der Waals surface area contributed by atoms with Crippen LogP contribution in [0.4, 0.5) is 0 Å². The minimum atomic E-state index is -0.140. The smallest absolute Gasteiger partial charge is 0.259 e. The first-order valence-electron chi connectivity index (χ1n) is 9.75. The lowest BCUT2D eigenvalue weighted by Gasteiger charge is -2.29. The summed E-state index contributed by atoms with van der Waals surface area (Å²) in [7, 11) is 1.83. The standard InChI is InChI=1S/C21H32N4O2/c1-20(2,3)10-16-17-14(19(26)25(6)12-21(4,5)11-22)9-15(13-7-8-13)23-18(17)27-24-16/h9,13H,7-8,10-12,22H2,1-6H3. The summed E-state index contributed by atoms with van der Waals surface area (Å²) in [6, 6.07) is 1.96. The summed E-state index contributed by atoms with van der Waals surface area (Å²) in [5.41, 5.74) is 8.63. The molecule has 148 valence electrons. The summed E-state index contributed by atoms with van der Waals surface area (Å²) in [4.78, 5) is 19.8. The highest BCUT2D eigenvalue weighted by atomic mass is 16.5. The van der Waals surface area contributed by atoms with Gasteiger partial charge in [0.2, 0.25) is 0 Å². The molecule has 0 atom stereocenters. The molecule has 0 saturated heterocycles. The molecule has 0 bridgehead atoms. The minimum Gasteiger partial charge on any atom is -0.341 e. The molecule has 2 aromatic rings. The van der Waals surface area contributed by atoms with Crippen molar-refractivity contribution in [3.63, 3.8) is 0 Å². The number of nitrogens with zero attached hydrogens (tertiary/aromatic N) is 3. The van der Waals surface area contributed by atoms with Crippen molar-refractivity contribution in [3.8, 4) is 0 Å². The van der Waals surface area contributed by atoms with Crippen molar-refractivity contribution in [1.29, 1.82) is 0 Å². The van der Waals surface area contributed by atoms with Crippen molar-refractivity contribution in [1.82, 2.24) is 15.0 Å². The SMILES string of the molecule is CN(CC(C)(C)CN)C(=O)c1cc(C2CC2)nc2onc(CC(C)(C)C)c12. The fraction of sp³-hybridized carbons (Fsp3) is 0.667. The first-order chi connectivity index (χ1) is 12.5. The van der Waals surface area contributed by atoms with Crippen LogP contribution in [-0.2, 0) is 6.42 Å². The summed E-state index contributed by atoms with van der Waals surface area (Å²) >= 11 is 0. The lowest BCUT2D eigenvalue weighted by molar-refractivity contribution is 0.0742. The van der Waals surface area contributed by atoms with E-state index < -0.39 is 0 Å². The molecule has 1 saturated carbocycles. The van der Waals surface area contributed by atoms with Crippen LogP contribution in [0.3, 0.4) is 0 Å². The van der Waals surface area contributed by atoms with Crippen LogP contribution in [0.2, 0.25) is 0 Å². The summed E-state index contributed by atoms with van der Waals surface area (Å²) < 4.78 is 5.55.